The minimum absolute atomic E-state index is 0.0190. The number of aromatic nitrogens is 2. The number of aryl methyl sites for hydroxylation is 1. The van der Waals surface area contributed by atoms with E-state index in [2.05, 4.69) is 21.3 Å². The van der Waals surface area contributed by atoms with Gasteiger partial charge in [0, 0.05) is 85.9 Å². The van der Waals surface area contributed by atoms with Gasteiger partial charge in [0.15, 0.2) is 5.82 Å². The summed E-state index contributed by atoms with van der Waals surface area (Å²) in [6.07, 6.45) is 5.06. The second-order valence-corrected chi connectivity index (χ2v) is 23.3. The van der Waals surface area contributed by atoms with Crippen molar-refractivity contribution < 1.29 is 47.7 Å². The molecule has 5 aromatic rings. The molecule has 5 N–H and O–H groups in total. The van der Waals surface area contributed by atoms with Gasteiger partial charge in [-0.05, 0) is 146 Å². The number of benzene rings is 4. The fourth-order valence-corrected chi connectivity index (χ4v) is 10.2. The van der Waals surface area contributed by atoms with Gasteiger partial charge in [0.05, 0.1) is 35.5 Å². The summed E-state index contributed by atoms with van der Waals surface area (Å²) in [5.41, 5.74) is 2.98. The average Bonchev–Trinajstić information content (AvgIpc) is 1.81. The van der Waals surface area contributed by atoms with Crippen molar-refractivity contribution in [2.45, 2.75) is 131 Å². The molecule has 4 aromatic carbocycles. The quantitative estimate of drug-likeness (QED) is 0.0278. The van der Waals surface area contributed by atoms with E-state index < -0.39 is 40.8 Å². The number of piperazine rings is 1. The second-order valence-electron chi connectivity index (χ2n) is 22.4. The van der Waals surface area contributed by atoms with Crippen LogP contribution >= 0.6 is 23.2 Å². The third kappa shape index (κ3) is 17.3. The summed E-state index contributed by atoms with van der Waals surface area (Å²) in [5.74, 6) is -0.817. The molecule has 18 nitrogen and oxygen atoms in total. The number of hydrogen-bond donors (Lipinski definition) is 5. The zero-order valence-electron chi connectivity index (χ0n) is 49.1. The zero-order chi connectivity index (χ0) is 60.3. The number of fused-ring (bicyclic) bond motifs is 1. The van der Waals surface area contributed by atoms with E-state index in [0.29, 0.717) is 83.2 Å². The summed E-state index contributed by atoms with van der Waals surface area (Å²) >= 11 is 13.5. The number of rotatable bonds is 20. The Labute approximate surface area is 490 Å². The van der Waals surface area contributed by atoms with Crippen molar-refractivity contribution in [1.29, 1.82) is 0 Å². The van der Waals surface area contributed by atoms with E-state index in [4.69, 9.17) is 47.4 Å². The second kappa shape index (κ2) is 27.9. The predicted molar refractivity (Wildman–Crippen MR) is 321 cm³/mol. The topological polar surface area (TPSA) is 217 Å². The minimum atomic E-state index is -0.763. The number of aldehydes is 1. The molecule has 2 aliphatic rings. The van der Waals surface area contributed by atoms with Crippen molar-refractivity contribution >= 4 is 87.9 Å². The van der Waals surface area contributed by atoms with Gasteiger partial charge >= 0.3 is 12.1 Å². The molecule has 1 unspecified atom stereocenters. The first-order chi connectivity index (χ1) is 38.7. The zero-order valence-corrected chi connectivity index (χ0v) is 50.6. The van der Waals surface area contributed by atoms with Crippen LogP contribution in [0.25, 0.3) is 28.1 Å². The fraction of sp³-hybridized carbons (Fsp3) is 0.459. The highest BCUT2D eigenvalue weighted by atomic mass is 35.5. The molecular weight excluding hydrogens is 1090 g/mol. The van der Waals surface area contributed by atoms with Crippen molar-refractivity contribution in [3.63, 3.8) is 0 Å². The molecule has 0 spiro atoms. The number of allylic oxidation sites excluding steroid dienone is 1. The van der Waals surface area contributed by atoms with Crippen LogP contribution in [-0.2, 0) is 43.3 Å². The van der Waals surface area contributed by atoms with Crippen molar-refractivity contribution in [2.75, 3.05) is 68.5 Å². The van der Waals surface area contributed by atoms with Crippen LogP contribution in [0.1, 0.15) is 120 Å². The van der Waals surface area contributed by atoms with E-state index in [1.807, 2.05) is 111 Å². The number of amides is 5. The van der Waals surface area contributed by atoms with Crippen LogP contribution in [0.2, 0.25) is 10.0 Å². The van der Waals surface area contributed by atoms with Crippen LogP contribution in [0.5, 0.6) is 5.75 Å². The van der Waals surface area contributed by atoms with Crippen molar-refractivity contribution in [3.05, 3.63) is 110 Å². The van der Waals surface area contributed by atoms with Crippen LogP contribution in [0.3, 0.4) is 0 Å². The van der Waals surface area contributed by atoms with Gasteiger partial charge in [-0.15, -0.1) is 0 Å². The number of likely N-dealkylation sites (N-methyl/N-ethyl adjacent to an activating group) is 1. The molecule has 0 aliphatic carbocycles. The van der Waals surface area contributed by atoms with Crippen LogP contribution in [0.4, 0.5) is 31.4 Å². The number of ether oxygens (including phenoxy) is 3. The third-order valence-corrected chi connectivity index (χ3v) is 14.1. The largest absolute Gasteiger partial charge is 0.508 e. The van der Waals surface area contributed by atoms with Crippen molar-refractivity contribution in [2.24, 2.45) is 0 Å². The van der Waals surface area contributed by atoms with E-state index >= 15 is 4.39 Å². The Morgan fingerprint density at radius 1 is 0.939 bits per heavy atom. The summed E-state index contributed by atoms with van der Waals surface area (Å²) in [6.45, 7) is 23.4. The lowest BCUT2D eigenvalue weighted by molar-refractivity contribution is -0.137. The fourth-order valence-electron chi connectivity index (χ4n) is 9.68. The molecule has 21 heteroatoms. The van der Waals surface area contributed by atoms with Gasteiger partial charge in [0.25, 0.3) is 0 Å². The van der Waals surface area contributed by atoms with Gasteiger partial charge in [-0.25, -0.2) is 19.0 Å². The van der Waals surface area contributed by atoms with E-state index in [9.17, 15) is 29.1 Å². The molecule has 2 fully saturated rings. The van der Waals surface area contributed by atoms with Crippen molar-refractivity contribution in [1.82, 2.24) is 30.4 Å². The SMILES string of the molecule is C/C=C\c1c(C)cc(O)cc1-c1c(Cl)cc2c(N3CCN(C(=O)OC(C)(C)C)CC3)nc(NCCOC(C)(C)COC(C)(C)Cc3cc(Cl)cc(NC(=O)NCc4ccc(C=O)c(CN(C)C5CCC(=O)NC5=O)c4)c3)nc2c1F.CC. The first-order valence-corrected chi connectivity index (χ1v) is 28.3. The molecule has 7 rings (SSSR count). The number of carbonyl (C=O) groups excluding carboxylic acids is 5. The summed E-state index contributed by atoms with van der Waals surface area (Å²) in [7, 11) is 1.76. The summed E-state index contributed by atoms with van der Waals surface area (Å²) in [5, 5.41) is 22.9. The number of imide groups is 1. The summed E-state index contributed by atoms with van der Waals surface area (Å²) in [6, 6.07) is 14.3. The number of phenolic OH excluding ortho intramolecular Hbond substituents is 1. The van der Waals surface area contributed by atoms with Crippen LogP contribution < -0.4 is 26.2 Å². The highest BCUT2D eigenvalue weighted by Gasteiger charge is 2.32. The van der Waals surface area contributed by atoms with E-state index in [0.717, 1.165) is 23.0 Å². The summed E-state index contributed by atoms with van der Waals surface area (Å²) < 4.78 is 35.6. The van der Waals surface area contributed by atoms with Crippen LogP contribution in [0.15, 0.2) is 60.7 Å². The highest BCUT2D eigenvalue weighted by molar-refractivity contribution is 6.34. The van der Waals surface area contributed by atoms with Gasteiger partial charge in [-0.2, -0.15) is 4.98 Å². The Balaban J connectivity index is 0.00000535. The Kier molecular flexibility index (Phi) is 21.9. The molecule has 2 saturated heterocycles. The van der Waals surface area contributed by atoms with Gasteiger partial charge in [-0.1, -0.05) is 67.4 Å². The maximum Gasteiger partial charge on any atom is 0.410 e. The monoisotopic (exact) mass is 1170 g/mol. The maximum absolute atomic E-state index is 17.2. The number of halogens is 3. The smallest absolute Gasteiger partial charge is 0.410 e. The summed E-state index contributed by atoms with van der Waals surface area (Å²) in [4.78, 5) is 77.1. The number of carbonyl (C=O) groups is 5. The third-order valence-electron chi connectivity index (χ3n) is 13.6. The maximum atomic E-state index is 17.2. The number of piperidine rings is 1. The molecule has 2 aliphatic heterocycles. The Hall–Kier alpha value is -6.90. The van der Waals surface area contributed by atoms with E-state index in [1.54, 1.807) is 47.2 Å². The molecule has 5 amide bonds. The Morgan fingerprint density at radius 2 is 1.66 bits per heavy atom. The first kappa shape index (κ1) is 64.3. The normalized spacial score (nSPS) is 15.1. The van der Waals surface area contributed by atoms with Gasteiger partial charge in [0.2, 0.25) is 17.8 Å². The Morgan fingerprint density at radius 3 is 2.33 bits per heavy atom. The van der Waals surface area contributed by atoms with E-state index in [-0.39, 0.29) is 78.9 Å². The number of nitrogens with one attached hydrogen (secondary N) is 4. The van der Waals surface area contributed by atoms with E-state index in [1.165, 1.54) is 6.07 Å². The number of anilines is 3. The number of urea groups is 1. The Bertz CT molecular complexity index is 3180. The number of nitrogens with zero attached hydrogens (tertiary/aromatic N) is 5. The molecule has 0 radical (unpaired) electrons. The molecule has 1 atom stereocenters. The number of hydrogen-bond acceptors (Lipinski definition) is 14. The minimum Gasteiger partial charge on any atom is -0.508 e. The standard InChI is InChI=1S/C59H72Cl2FN9O9.C2H6/c1-11-12-43-35(2)23-42(73)28-44(43)49-46(61)29-45-51(50(49)62)67-54(68-52(45)70-18-20-71(21-19-70)56(77)80-57(3,4)5)63-17-22-78-59(8,9)34-79-58(6,7)30-37-25-40(60)27-41(26-37)65-55(76)64-31-36-13-14-38(33-72)39(24-36)32-69(10)47-15-16-48(74)66-53(47)75;1-2/h11-14,23-29,33,47,73H,15-22,30-32,34H2,1-10H3,(H,63,67,68)(H2,64,65,76)(H,66,74,75);1-2H3/b12-11-;. The lowest BCUT2D eigenvalue weighted by atomic mass is 9.93. The molecule has 0 saturated carbocycles. The first-order valence-electron chi connectivity index (χ1n) is 27.6. The van der Waals surface area contributed by atoms with Gasteiger partial charge in [-0.3, -0.25) is 24.6 Å². The molecule has 1 aromatic heterocycles. The molecule has 442 valence electrons. The lowest BCUT2D eigenvalue weighted by Gasteiger charge is -2.36. The highest BCUT2D eigenvalue weighted by Crippen LogP contribution is 2.42. The molecule has 82 heavy (non-hydrogen) atoms. The van der Waals surface area contributed by atoms with Crippen LogP contribution in [0, 0.1) is 12.7 Å². The van der Waals surface area contributed by atoms with Gasteiger partial charge in [0.1, 0.15) is 29.0 Å². The molecule has 0 bridgehead atoms. The number of aromatic hydroxyl groups is 1. The molecule has 3 heterocycles. The van der Waals surface area contributed by atoms with Crippen LogP contribution in [-0.4, -0.2) is 131 Å². The average molecular weight is 1170 g/mol. The van der Waals surface area contributed by atoms with Crippen molar-refractivity contribution in [3.8, 4) is 16.9 Å². The lowest BCUT2D eigenvalue weighted by Crippen LogP contribution is -2.51. The predicted octanol–water partition coefficient (Wildman–Crippen LogP) is 11.5. The number of phenols is 1. The van der Waals surface area contributed by atoms with Gasteiger partial charge < -0.3 is 45.1 Å². The molecular formula is C61H78Cl2FN9O9.